The largest absolute Gasteiger partial charge is 0.368 e. The molecule has 0 fully saturated rings. The molecule has 3 rings (SSSR count). The maximum absolute atomic E-state index is 13.8. The van der Waals surface area contributed by atoms with E-state index in [2.05, 4.69) is 36.5 Å². The van der Waals surface area contributed by atoms with E-state index in [1.165, 1.54) is 17.2 Å². The second-order valence-electron chi connectivity index (χ2n) is 7.96. The zero-order chi connectivity index (χ0) is 21.7. The lowest BCUT2D eigenvalue weighted by Gasteiger charge is -2.22. The normalized spacial score (nSPS) is 13.1. The molecule has 0 aliphatic carbocycles. The third-order valence-electron chi connectivity index (χ3n) is 5.54. The van der Waals surface area contributed by atoms with Crippen LogP contribution in [0.5, 0.6) is 0 Å². The SMILES string of the molecule is Cc1ccc([C@@H](CCN[C@H](C(N)=O)c2ccc(C)cc2)c2ccc(F)c(C)c2)cc1. The monoisotopic (exact) mass is 404 g/mol. The molecule has 2 atom stereocenters. The first-order valence-corrected chi connectivity index (χ1v) is 10.3. The molecular weight excluding hydrogens is 375 g/mol. The lowest BCUT2D eigenvalue weighted by atomic mass is 9.87. The molecule has 0 spiro atoms. The Morgan fingerprint density at radius 2 is 1.40 bits per heavy atom. The first-order chi connectivity index (χ1) is 14.3. The van der Waals surface area contributed by atoms with Crippen LogP contribution >= 0.6 is 0 Å². The standard InChI is InChI=1S/C26H29FN2O/c1-17-4-8-20(9-5-17)23(22-12-13-24(27)19(3)16-22)14-15-29-25(26(28)30)21-10-6-18(2)7-11-21/h4-13,16,23,25,29H,14-15H2,1-3H3,(H2,28,30)/t23-,25+/m1/s1. The second kappa shape index (κ2) is 9.68. The molecule has 0 aliphatic rings. The highest BCUT2D eigenvalue weighted by atomic mass is 19.1. The molecule has 4 heteroatoms. The second-order valence-corrected chi connectivity index (χ2v) is 7.96. The maximum Gasteiger partial charge on any atom is 0.239 e. The van der Waals surface area contributed by atoms with Gasteiger partial charge < -0.3 is 11.1 Å². The Labute approximate surface area is 178 Å². The van der Waals surface area contributed by atoms with Crippen molar-refractivity contribution in [3.8, 4) is 0 Å². The molecule has 156 valence electrons. The average Bonchev–Trinajstić information content (AvgIpc) is 2.72. The number of benzene rings is 3. The Kier molecular flexibility index (Phi) is 7.01. The summed E-state index contributed by atoms with van der Waals surface area (Å²) >= 11 is 0. The van der Waals surface area contributed by atoms with Crippen LogP contribution in [0.2, 0.25) is 0 Å². The predicted molar refractivity (Wildman–Crippen MR) is 120 cm³/mol. The Morgan fingerprint density at radius 3 is 1.93 bits per heavy atom. The van der Waals surface area contributed by atoms with Crippen LogP contribution < -0.4 is 11.1 Å². The van der Waals surface area contributed by atoms with Crippen molar-refractivity contribution in [3.05, 3.63) is 106 Å². The van der Waals surface area contributed by atoms with Gasteiger partial charge >= 0.3 is 0 Å². The molecule has 30 heavy (non-hydrogen) atoms. The highest BCUT2D eigenvalue weighted by Crippen LogP contribution is 2.29. The average molecular weight is 405 g/mol. The van der Waals surface area contributed by atoms with Crippen molar-refractivity contribution in [1.29, 1.82) is 0 Å². The van der Waals surface area contributed by atoms with Gasteiger partial charge in [0.15, 0.2) is 0 Å². The van der Waals surface area contributed by atoms with Gasteiger partial charge in [0.2, 0.25) is 5.91 Å². The van der Waals surface area contributed by atoms with E-state index in [9.17, 15) is 9.18 Å². The molecule has 0 bridgehead atoms. The topological polar surface area (TPSA) is 55.1 Å². The number of hydrogen-bond acceptors (Lipinski definition) is 2. The van der Waals surface area contributed by atoms with Crippen LogP contribution in [0, 0.1) is 26.6 Å². The number of rotatable bonds is 8. The molecule has 0 aliphatic heterocycles. The summed E-state index contributed by atoms with van der Waals surface area (Å²) in [7, 11) is 0. The number of carbonyl (C=O) groups is 1. The molecule has 0 saturated carbocycles. The molecular formula is C26H29FN2O. The van der Waals surface area contributed by atoms with Crippen LogP contribution in [-0.2, 0) is 4.79 Å². The van der Waals surface area contributed by atoms with E-state index in [1.807, 2.05) is 43.3 Å². The Bertz CT molecular complexity index is 997. The van der Waals surface area contributed by atoms with Gasteiger partial charge in [-0.2, -0.15) is 0 Å². The van der Waals surface area contributed by atoms with E-state index < -0.39 is 11.9 Å². The summed E-state index contributed by atoms with van der Waals surface area (Å²) in [6, 6.07) is 21.0. The maximum atomic E-state index is 13.8. The van der Waals surface area contributed by atoms with E-state index >= 15 is 0 Å². The van der Waals surface area contributed by atoms with Crippen molar-refractivity contribution in [3.63, 3.8) is 0 Å². The number of halogens is 1. The van der Waals surface area contributed by atoms with Gasteiger partial charge in [0.25, 0.3) is 0 Å². The van der Waals surface area contributed by atoms with Gasteiger partial charge in [-0.05, 0) is 62.1 Å². The fraction of sp³-hybridized carbons (Fsp3) is 0.269. The van der Waals surface area contributed by atoms with Gasteiger partial charge in [-0.1, -0.05) is 71.8 Å². The predicted octanol–water partition coefficient (Wildman–Crippen LogP) is 5.09. The quantitative estimate of drug-likeness (QED) is 0.549. The minimum atomic E-state index is -0.542. The third kappa shape index (κ3) is 5.33. The number of amides is 1. The number of primary amides is 1. The Hall–Kier alpha value is -2.98. The van der Waals surface area contributed by atoms with Gasteiger partial charge in [0.1, 0.15) is 11.9 Å². The van der Waals surface area contributed by atoms with Crippen LogP contribution in [0.25, 0.3) is 0 Å². The summed E-state index contributed by atoms with van der Waals surface area (Å²) in [5, 5.41) is 3.31. The van der Waals surface area contributed by atoms with Crippen molar-refractivity contribution >= 4 is 5.91 Å². The van der Waals surface area contributed by atoms with E-state index in [-0.39, 0.29) is 11.7 Å². The number of nitrogens with one attached hydrogen (secondary N) is 1. The molecule has 3 nitrogen and oxygen atoms in total. The smallest absolute Gasteiger partial charge is 0.239 e. The fourth-order valence-corrected chi connectivity index (χ4v) is 3.72. The van der Waals surface area contributed by atoms with Gasteiger partial charge in [-0.3, -0.25) is 4.79 Å². The van der Waals surface area contributed by atoms with Crippen LogP contribution in [0.1, 0.15) is 51.8 Å². The Balaban J connectivity index is 1.80. The summed E-state index contributed by atoms with van der Waals surface area (Å²) in [5.74, 6) is -0.514. The minimum Gasteiger partial charge on any atom is -0.368 e. The Morgan fingerprint density at radius 1 is 0.867 bits per heavy atom. The molecule has 0 unspecified atom stereocenters. The molecule has 3 aromatic rings. The zero-order valence-corrected chi connectivity index (χ0v) is 17.8. The van der Waals surface area contributed by atoms with Crippen LogP contribution in [0.4, 0.5) is 4.39 Å². The third-order valence-corrected chi connectivity index (χ3v) is 5.54. The summed E-state index contributed by atoms with van der Waals surface area (Å²) in [6.07, 6.45) is 0.754. The van der Waals surface area contributed by atoms with Crippen molar-refractivity contribution in [2.75, 3.05) is 6.54 Å². The summed E-state index contributed by atoms with van der Waals surface area (Å²) in [4.78, 5) is 12.0. The lowest BCUT2D eigenvalue weighted by molar-refractivity contribution is -0.120. The fourth-order valence-electron chi connectivity index (χ4n) is 3.72. The van der Waals surface area contributed by atoms with Crippen molar-refractivity contribution in [2.24, 2.45) is 5.73 Å². The summed E-state index contributed by atoms with van der Waals surface area (Å²) in [5.41, 5.74) is 11.7. The van der Waals surface area contributed by atoms with E-state index in [0.717, 1.165) is 23.1 Å². The van der Waals surface area contributed by atoms with Crippen molar-refractivity contribution < 1.29 is 9.18 Å². The molecule has 3 aromatic carbocycles. The highest BCUT2D eigenvalue weighted by Gasteiger charge is 2.20. The highest BCUT2D eigenvalue weighted by molar-refractivity contribution is 5.81. The number of hydrogen-bond donors (Lipinski definition) is 2. The van der Waals surface area contributed by atoms with E-state index in [1.54, 1.807) is 6.92 Å². The van der Waals surface area contributed by atoms with Gasteiger partial charge in [-0.15, -0.1) is 0 Å². The van der Waals surface area contributed by atoms with Crippen LogP contribution in [0.3, 0.4) is 0 Å². The summed E-state index contributed by atoms with van der Waals surface area (Å²) < 4.78 is 13.8. The molecule has 0 saturated heterocycles. The lowest BCUT2D eigenvalue weighted by Crippen LogP contribution is -2.34. The number of aryl methyl sites for hydroxylation is 3. The molecule has 3 N–H and O–H groups in total. The molecule has 0 radical (unpaired) electrons. The van der Waals surface area contributed by atoms with E-state index in [0.29, 0.717) is 12.1 Å². The van der Waals surface area contributed by atoms with Crippen LogP contribution in [-0.4, -0.2) is 12.5 Å². The van der Waals surface area contributed by atoms with Gasteiger partial charge in [-0.25, -0.2) is 4.39 Å². The van der Waals surface area contributed by atoms with Gasteiger partial charge in [0.05, 0.1) is 0 Å². The minimum absolute atomic E-state index is 0.0870. The number of carbonyl (C=O) groups excluding carboxylic acids is 1. The van der Waals surface area contributed by atoms with Crippen molar-refractivity contribution in [1.82, 2.24) is 5.32 Å². The van der Waals surface area contributed by atoms with Crippen molar-refractivity contribution in [2.45, 2.75) is 39.2 Å². The summed E-state index contributed by atoms with van der Waals surface area (Å²) in [6.45, 7) is 6.44. The zero-order valence-electron chi connectivity index (χ0n) is 17.8. The molecule has 1 amide bonds. The van der Waals surface area contributed by atoms with Crippen LogP contribution in [0.15, 0.2) is 66.7 Å². The molecule has 0 heterocycles. The first kappa shape index (κ1) is 21.7. The molecule has 0 aromatic heterocycles. The number of nitrogens with two attached hydrogens (primary N) is 1. The first-order valence-electron chi connectivity index (χ1n) is 10.3. The van der Waals surface area contributed by atoms with Gasteiger partial charge in [0, 0.05) is 5.92 Å². The van der Waals surface area contributed by atoms with E-state index in [4.69, 9.17) is 5.73 Å².